The van der Waals surface area contributed by atoms with Gasteiger partial charge in [-0.25, -0.2) is 13.9 Å². The fourth-order valence-electron chi connectivity index (χ4n) is 4.22. The van der Waals surface area contributed by atoms with Gasteiger partial charge in [-0.05, 0) is 56.7 Å². The molecular weight excluding hydrogens is 371 g/mol. The molecule has 2 fully saturated rings. The number of hydrogen-bond donors (Lipinski definition) is 1. The maximum Gasteiger partial charge on any atom is 0.256 e. The molecule has 7 nitrogen and oxygen atoms in total. The molecule has 1 atom stereocenters. The Kier molecular flexibility index (Phi) is 4.41. The SMILES string of the molecule is Cc1ncc(F)cc1[C@H]1CCCN1c1ccn2ncc(C(=O)NC3CCC3)c2n1. The van der Waals surface area contributed by atoms with E-state index < -0.39 is 0 Å². The molecule has 3 aromatic heterocycles. The lowest BCUT2D eigenvalue weighted by Gasteiger charge is -2.27. The minimum Gasteiger partial charge on any atom is -0.349 e. The molecule has 150 valence electrons. The summed E-state index contributed by atoms with van der Waals surface area (Å²) in [5, 5.41) is 7.33. The van der Waals surface area contributed by atoms with E-state index in [1.54, 1.807) is 16.8 Å². The number of halogens is 1. The molecule has 1 saturated carbocycles. The third kappa shape index (κ3) is 3.22. The van der Waals surface area contributed by atoms with Crippen LogP contribution in [0, 0.1) is 12.7 Å². The van der Waals surface area contributed by atoms with Crippen molar-refractivity contribution in [1.29, 1.82) is 0 Å². The third-order valence-corrected chi connectivity index (χ3v) is 6.04. The number of amides is 1. The quantitative estimate of drug-likeness (QED) is 0.736. The second-order valence-electron chi connectivity index (χ2n) is 7.89. The first-order valence-corrected chi connectivity index (χ1v) is 10.1. The molecule has 0 radical (unpaired) electrons. The normalized spacial score (nSPS) is 19.5. The van der Waals surface area contributed by atoms with E-state index in [1.165, 1.54) is 6.20 Å². The summed E-state index contributed by atoms with van der Waals surface area (Å²) in [7, 11) is 0. The highest BCUT2D eigenvalue weighted by Gasteiger charge is 2.30. The number of aryl methyl sites for hydroxylation is 1. The van der Waals surface area contributed by atoms with Crippen LogP contribution in [0.15, 0.2) is 30.7 Å². The van der Waals surface area contributed by atoms with Crippen LogP contribution in [-0.2, 0) is 0 Å². The summed E-state index contributed by atoms with van der Waals surface area (Å²) in [6, 6.07) is 3.74. The minimum atomic E-state index is -0.327. The predicted molar refractivity (Wildman–Crippen MR) is 106 cm³/mol. The first-order valence-electron chi connectivity index (χ1n) is 10.1. The van der Waals surface area contributed by atoms with Crippen LogP contribution in [0.1, 0.15) is 59.8 Å². The van der Waals surface area contributed by atoms with Gasteiger partial charge in [0.05, 0.1) is 18.4 Å². The van der Waals surface area contributed by atoms with Crippen molar-refractivity contribution in [2.24, 2.45) is 0 Å². The third-order valence-electron chi connectivity index (χ3n) is 6.04. The van der Waals surface area contributed by atoms with Gasteiger partial charge in [-0.3, -0.25) is 9.78 Å². The van der Waals surface area contributed by atoms with Crippen molar-refractivity contribution >= 4 is 17.4 Å². The topological polar surface area (TPSA) is 75.4 Å². The highest BCUT2D eigenvalue weighted by molar-refractivity contribution is 6.00. The van der Waals surface area contributed by atoms with Crippen LogP contribution in [0.3, 0.4) is 0 Å². The Morgan fingerprint density at radius 1 is 1.24 bits per heavy atom. The number of carbonyl (C=O) groups excluding carboxylic acids is 1. The Morgan fingerprint density at radius 2 is 2.10 bits per heavy atom. The predicted octanol–water partition coefficient (Wildman–Crippen LogP) is 3.20. The number of nitrogens with one attached hydrogen (secondary N) is 1. The zero-order chi connectivity index (χ0) is 20.0. The second-order valence-corrected chi connectivity index (χ2v) is 7.89. The summed E-state index contributed by atoms with van der Waals surface area (Å²) in [5.74, 6) is 0.311. The van der Waals surface area contributed by atoms with Crippen LogP contribution in [0.4, 0.5) is 10.2 Å². The summed E-state index contributed by atoms with van der Waals surface area (Å²) in [4.78, 5) is 23.8. The number of nitrogens with zero attached hydrogens (tertiary/aromatic N) is 5. The number of rotatable bonds is 4. The molecule has 0 unspecified atom stereocenters. The molecule has 4 heterocycles. The molecule has 1 N–H and O–H groups in total. The number of carbonyl (C=O) groups is 1. The number of hydrogen-bond acceptors (Lipinski definition) is 5. The van der Waals surface area contributed by atoms with E-state index in [1.807, 2.05) is 19.2 Å². The largest absolute Gasteiger partial charge is 0.349 e. The maximum absolute atomic E-state index is 13.8. The maximum atomic E-state index is 13.8. The van der Waals surface area contributed by atoms with Gasteiger partial charge in [0.15, 0.2) is 5.65 Å². The van der Waals surface area contributed by atoms with Gasteiger partial charge in [-0.15, -0.1) is 0 Å². The molecular formula is C21H23FN6O. The monoisotopic (exact) mass is 394 g/mol. The van der Waals surface area contributed by atoms with Gasteiger partial charge < -0.3 is 10.2 Å². The fraction of sp³-hybridized carbons (Fsp3) is 0.429. The zero-order valence-electron chi connectivity index (χ0n) is 16.3. The van der Waals surface area contributed by atoms with Crippen molar-refractivity contribution in [1.82, 2.24) is 24.9 Å². The number of pyridine rings is 1. The summed E-state index contributed by atoms with van der Waals surface area (Å²) < 4.78 is 15.4. The first kappa shape index (κ1) is 18.0. The average molecular weight is 394 g/mol. The standard InChI is InChI=1S/C21H23FN6O/c1-13-16(10-14(22)11-23-13)18-6-3-8-27(18)19-7-9-28-20(26-19)17(12-24-28)21(29)25-15-4-2-5-15/h7,9-12,15,18H,2-6,8H2,1H3,(H,25,29)/t18-/m1/s1. The highest BCUT2D eigenvalue weighted by Crippen LogP contribution is 2.36. The van der Waals surface area contributed by atoms with E-state index >= 15 is 0 Å². The van der Waals surface area contributed by atoms with Gasteiger partial charge in [-0.1, -0.05) is 0 Å². The van der Waals surface area contributed by atoms with Crippen LogP contribution >= 0.6 is 0 Å². The molecule has 1 aliphatic carbocycles. The molecule has 1 aliphatic heterocycles. The first-order chi connectivity index (χ1) is 14.1. The highest BCUT2D eigenvalue weighted by atomic mass is 19.1. The van der Waals surface area contributed by atoms with E-state index in [0.29, 0.717) is 11.2 Å². The van der Waals surface area contributed by atoms with Gasteiger partial charge in [0, 0.05) is 24.5 Å². The number of anilines is 1. The Morgan fingerprint density at radius 3 is 2.90 bits per heavy atom. The van der Waals surface area contributed by atoms with Crippen LogP contribution in [-0.4, -0.2) is 38.1 Å². The zero-order valence-corrected chi connectivity index (χ0v) is 16.3. The molecule has 29 heavy (non-hydrogen) atoms. The summed E-state index contributed by atoms with van der Waals surface area (Å²) in [6.45, 7) is 2.73. The van der Waals surface area contributed by atoms with Crippen molar-refractivity contribution < 1.29 is 9.18 Å². The van der Waals surface area contributed by atoms with Crippen molar-refractivity contribution in [2.75, 3.05) is 11.4 Å². The molecule has 1 saturated heterocycles. The van der Waals surface area contributed by atoms with Gasteiger partial charge in [-0.2, -0.15) is 5.10 Å². The Balaban J connectivity index is 1.48. The molecule has 8 heteroatoms. The fourth-order valence-corrected chi connectivity index (χ4v) is 4.22. The molecule has 2 aliphatic rings. The van der Waals surface area contributed by atoms with E-state index in [4.69, 9.17) is 4.98 Å². The van der Waals surface area contributed by atoms with Gasteiger partial charge >= 0.3 is 0 Å². The van der Waals surface area contributed by atoms with Crippen LogP contribution in [0.5, 0.6) is 0 Å². The molecule has 0 spiro atoms. The van der Waals surface area contributed by atoms with E-state index in [0.717, 1.165) is 55.7 Å². The molecule has 0 bridgehead atoms. The average Bonchev–Trinajstić information content (AvgIpc) is 3.33. The van der Waals surface area contributed by atoms with Crippen molar-refractivity contribution in [3.05, 3.63) is 53.4 Å². The van der Waals surface area contributed by atoms with Crippen LogP contribution in [0.2, 0.25) is 0 Å². The Labute approximate surface area is 168 Å². The molecule has 3 aromatic rings. The summed E-state index contributed by atoms with van der Waals surface area (Å²) in [5.41, 5.74) is 2.74. The van der Waals surface area contributed by atoms with Crippen molar-refractivity contribution in [2.45, 2.75) is 51.1 Å². The lowest BCUT2D eigenvalue weighted by atomic mass is 9.93. The number of fused-ring (bicyclic) bond motifs is 1. The molecule has 0 aromatic carbocycles. The van der Waals surface area contributed by atoms with E-state index in [2.05, 4.69) is 20.3 Å². The van der Waals surface area contributed by atoms with E-state index in [9.17, 15) is 9.18 Å². The number of aromatic nitrogens is 4. The second kappa shape index (κ2) is 7.09. The molecule has 5 rings (SSSR count). The Bertz CT molecular complexity index is 1080. The Hall–Kier alpha value is -3.03. The van der Waals surface area contributed by atoms with Crippen molar-refractivity contribution in [3.8, 4) is 0 Å². The van der Waals surface area contributed by atoms with Crippen molar-refractivity contribution in [3.63, 3.8) is 0 Å². The van der Waals surface area contributed by atoms with Gasteiger partial charge in [0.25, 0.3) is 5.91 Å². The van der Waals surface area contributed by atoms with Crippen LogP contribution < -0.4 is 10.2 Å². The smallest absolute Gasteiger partial charge is 0.256 e. The lowest BCUT2D eigenvalue weighted by Crippen LogP contribution is -2.39. The van der Waals surface area contributed by atoms with Gasteiger partial charge in [0.1, 0.15) is 17.2 Å². The van der Waals surface area contributed by atoms with Crippen LogP contribution in [0.25, 0.3) is 5.65 Å². The lowest BCUT2D eigenvalue weighted by molar-refractivity contribution is 0.0918. The van der Waals surface area contributed by atoms with Gasteiger partial charge in [0.2, 0.25) is 0 Å². The summed E-state index contributed by atoms with van der Waals surface area (Å²) in [6.07, 6.45) is 9.76. The minimum absolute atomic E-state index is 0.0170. The summed E-state index contributed by atoms with van der Waals surface area (Å²) >= 11 is 0. The van der Waals surface area contributed by atoms with E-state index in [-0.39, 0.29) is 23.8 Å². The molecule has 1 amide bonds.